The Balaban J connectivity index is 1.43. The van der Waals surface area contributed by atoms with Crippen LogP contribution >= 0.6 is 0 Å². The number of halogens is 2. The summed E-state index contributed by atoms with van der Waals surface area (Å²) in [4.78, 5) is 15.5. The van der Waals surface area contributed by atoms with Gasteiger partial charge in [0.2, 0.25) is 5.92 Å². The zero-order chi connectivity index (χ0) is 21.2. The molecule has 1 saturated heterocycles. The molecular weight excluding hydrogens is 390 g/mol. The molecule has 7 heteroatoms. The van der Waals surface area contributed by atoms with Gasteiger partial charge in [-0.2, -0.15) is 0 Å². The van der Waals surface area contributed by atoms with Crippen LogP contribution < -0.4 is 5.32 Å². The predicted octanol–water partition coefficient (Wildman–Crippen LogP) is 3.68. The Kier molecular flexibility index (Phi) is 5.93. The van der Waals surface area contributed by atoms with Crippen LogP contribution in [0.1, 0.15) is 43.2 Å². The second-order valence-corrected chi connectivity index (χ2v) is 8.58. The van der Waals surface area contributed by atoms with E-state index in [1.54, 1.807) is 42.9 Å². The molecule has 5 nitrogen and oxygen atoms in total. The molecule has 1 amide bonds. The SMILES string of the molecule is O=C(NC1CCN(Cc2ccoc2)CC1)C(O)(c1ccccc1)[C@@H]1CCC(F)(F)C1. The van der Waals surface area contributed by atoms with Crippen LogP contribution in [0.15, 0.2) is 53.3 Å². The van der Waals surface area contributed by atoms with Crippen molar-refractivity contribution in [1.82, 2.24) is 10.2 Å². The number of benzene rings is 1. The number of carbonyl (C=O) groups excluding carboxylic acids is 1. The van der Waals surface area contributed by atoms with Gasteiger partial charge in [-0.05, 0) is 30.9 Å². The maximum Gasteiger partial charge on any atom is 0.257 e. The maximum atomic E-state index is 13.9. The first kappa shape index (κ1) is 21.0. The third-order valence-electron chi connectivity index (χ3n) is 6.46. The van der Waals surface area contributed by atoms with E-state index in [4.69, 9.17) is 4.42 Å². The summed E-state index contributed by atoms with van der Waals surface area (Å²) in [6, 6.07) is 10.3. The molecule has 2 N–H and O–H groups in total. The third-order valence-corrected chi connectivity index (χ3v) is 6.46. The Morgan fingerprint density at radius 3 is 2.53 bits per heavy atom. The van der Waals surface area contributed by atoms with Crippen molar-refractivity contribution in [2.24, 2.45) is 5.92 Å². The highest BCUT2D eigenvalue weighted by molar-refractivity contribution is 5.87. The summed E-state index contributed by atoms with van der Waals surface area (Å²) in [5.41, 5.74) is -0.463. The van der Waals surface area contributed by atoms with E-state index in [1.165, 1.54) is 0 Å². The van der Waals surface area contributed by atoms with Gasteiger partial charge in [0, 0.05) is 50.0 Å². The van der Waals surface area contributed by atoms with Crippen LogP contribution in [-0.2, 0) is 16.9 Å². The number of aliphatic hydroxyl groups is 1. The van der Waals surface area contributed by atoms with Gasteiger partial charge in [0.25, 0.3) is 5.91 Å². The molecule has 1 saturated carbocycles. The van der Waals surface area contributed by atoms with E-state index in [1.807, 2.05) is 6.07 Å². The topological polar surface area (TPSA) is 65.7 Å². The summed E-state index contributed by atoms with van der Waals surface area (Å²) in [5, 5.41) is 14.4. The van der Waals surface area contributed by atoms with Crippen LogP contribution in [0.4, 0.5) is 8.78 Å². The number of hydrogen-bond donors (Lipinski definition) is 2. The molecule has 2 atom stereocenters. The van der Waals surface area contributed by atoms with Crippen LogP contribution in [0.3, 0.4) is 0 Å². The molecule has 2 fully saturated rings. The number of rotatable bonds is 6. The lowest BCUT2D eigenvalue weighted by Gasteiger charge is -2.37. The molecule has 2 aliphatic rings. The Morgan fingerprint density at radius 2 is 1.93 bits per heavy atom. The van der Waals surface area contributed by atoms with Crippen molar-refractivity contribution in [3.05, 3.63) is 60.1 Å². The second-order valence-electron chi connectivity index (χ2n) is 8.58. The molecule has 1 aliphatic carbocycles. The molecule has 4 rings (SSSR count). The minimum absolute atomic E-state index is 0.0877. The van der Waals surface area contributed by atoms with Crippen LogP contribution in [0.5, 0.6) is 0 Å². The van der Waals surface area contributed by atoms with Crippen LogP contribution in [0.2, 0.25) is 0 Å². The molecule has 0 bridgehead atoms. The fourth-order valence-electron chi connectivity index (χ4n) is 4.72. The van der Waals surface area contributed by atoms with Crippen LogP contribution in [0, 0.1) is 5.92 Å². The fourth-order valence-corrected chi connectivity index (χ4v) is 4.72. The van der Waals surface area contributed by atoms with Crippen molar-refractivity contribution in [2.45, 2.75) is 56.2 Å². The van der Waals surface area contributed by atoms with Crippen LogP contribution in [-0.4, -0.2) is 41.0 Å². The Bertz CT molecular complexity index is 835. The van der Waals surface area contributed by atoms with E-state index >= 15 is 0 Å². The lowest BCUT2D eigenvalue weighted by molar-refractivity contribution is -0.149. The standard InChI is InChI=1S/C23H28F2N2O3/c24-22(25)10-6-19(14-22)23(29,18-4-2-1-3-5-18)21(28)26-20-7-11-27(12-8-20)15-17-9-13-30-16-17/h1-5,9,13,16,19-20,29H,6-8,10-12,14-15H2,(H,26,28)/t19-,23?/m1/s1. The first-order valence-electron chi connectivity index (χ1n) is 10.6. The molecule has 0 spiro atoms. The van der Waals surface area contributed by atoms with E-state index in [2.05, 4.69) is 10.2 Å². The van der Waals surface area contributed by atoms with Gasteiger partial charge < -0.3 is 14.8 Å². The smallest absolute Gasteiger partial charge is 0.257 e. The highest BCUT2D eigenvalue weighted by Crippen LogP contribution is 2.47. The number of piperidine rings is 1. The van der Waals surface area contributed by atoms with Crippen molar-refractivity contribution in [3.63, 3.8) is 0 Å². The molecule has 1 aromatic heterocycles. The summed E-state index contributed by atoms with van der Waals surface area (Å²) in [5.74, 6) is -4.22. The zero-order valence-corrected chi connectivity index (χ0v) is 16.9. The quantitative estimate of drug-likeness (QED) is 0.751. The first-order chi connectivity index (χ1) is 14.4. The predicted molar refractivity (Wildman–Crippen MR) is 108 cm³/mol. The Labute approximate surface area is 175 Å². The molecule has 30 heavy (non-hydrogen) atoms. The molecule has 1 aliphatic heterocycles. The number of likely N-dealkylation sites (tertiary alicyclic amines) is 1. The molecule has 2 aromatic rings. The number of carbonyl (C=O) groups is 1. The van der Waals surface area contributed by atoms with Gasteiger partial charge in [0.05, 0.1) is 12.5 Å². The van der Waals surface area contributed by atoms with Crippen LogP contribution in [0.25, 0.3) is 0 Å². The number of nitrogens with zero attached hydrogens (tertiary/aromatic N) is 1. The van der Waals surface area contributed by atoms with E-state index in [0.29, 0.717) is 5.56 Å². The minimum Gasteiger partial charge on any atom is -0.472 e. The van der Waals surface area contributed by atoms with Crippen molar-refractivity contribution < 1.29 is 23.1 Å². The largest absolute Gasteiger partial charge is 0.472 e. The average Bonchev–Trinajstić information content (AvgIpc) is 3.38. The van der Waals surface area contributed by atoms with Gasteiger partial charge in [-0.25, -0.2) is 8.78 Å². The lowest BCUT2D eigenvalue weighted by atomic mass is 9.79. The molecule has 2 heterocycles. The highest BCUT2D eigenvalue weighted by Gasteiger charge is 2.53. The van der Waals surface area contributed by atoms with Gasteiger partial charge in [-0.1, -0.05) is 30.3 Å². The van der Waals surface area contributed by atoms with E-state index in [0.717, 1.165) is 38.0 Å². The van der Waals surface area contributed by atoms with Gasteiger partial charge in [0.1, 0.15) is 0 Å². The summed E-state index contributed by atoms with van der Waals surface area (Å²) < 4.78 is 32.9. The van der Waals surface area contributed by atoms with Crippen molar-refractivity contribution >= 4 is 5.91 Å². The summed E-state index contributed by atoms with van der Waals surface area (Å²) in [7, 11) is 0. The van der Waals surface area contributed by atoms with Gasteiger partial charge >= 0.3 is 0 Å². The van der Waals surface area contributed by atoms with E-state index in [9.17, 15) is 18.7 Å². The molecule has 0 radical (unpaired) electrons. The van der Waals surface area contributed by atoms with Gasteiger partial charge in [-0.3, -0.25) is 9.69 Å². The highest BCUT2D eigenvalue weighted by atomic mass is 19.3. The average molecular weight is 418 g/mol. The van der Waals surface area contributed by atoms with E-state index < -0.39 is 29.8 Å². The Hall–Kier alpha value is -2.25. The number of nitrogens with one attached hydrogen (secondary N) is 1. The second kappa shape index (κ2) is 8.47. The van der Waals surface area contributed by atoms with E-state index in [-0.39, 0.29) is 18.9 Å². The normalized spacial score (nSPS) is 24.4. The summed E-state index contributed by atoms with van der Waals surface area (Å²) in [6.45, 7) is 2.41. The monoisotopic (exact) mass is 418 g/mol. The minimum atomic E-state index is -2.84. The molecule has 162 valence electrons. The molecular formula is C23H28F2N2O3. The summed E-state index contributed by atoms with van der Waals surface area (Å²) >= 11 is 0. The maximum absolute atomic E-state index is 13.9. The zero-order valence-electron chi connectivity index (χ0n) is 16.9. The van der Waals surface area contributed by atoms with Crippen molar-refractivity contribution in [2.75, 3.05) is 13.1 Å². The summed E-state index contributed by atoms with van der Waals surface area (Å²) in [6.07, 6.45) is 4.21. The van der Waals surface area contributed by atoms with Gasteiger partial charge in [0.15, 0.2) is 5.60 Å². The van der Waals surface area contributed by atoms with Crippen molar-refractivity contribution in [3.8, 4) is 0 Å². The molecule has 1 aromatic carbocycles. The Morgan fingerprint density at radius 1 is 1.20 bits per heavy atom. The fraction of sp³-hybridized carbons (Fsp3) is 0.522. The third kappa shape index (κ3) is 4.42. The first-order valence-corrected chi connectivity index (χ1v) is 10.6. The number of amides is 1. The number of alkyl halides is 2. The molecule has 1 unspecified atom stereocenters. The number of hydrogen-bond acceptors (Lipinski definition) is 4. The lowest BCUT2D eigenvalue weighted by Crippen LogP contribution is -2.54. The van der Waals surface area contributed by atoms with Gasteiger partial charge in [-0.15, -0.1) is 0 Å². The number of furan rings is 1. The van der Waals surface area contributed by atoms with Crippen molar-refractivity contribution in [1.29, 1.82) is 0 Å².